The van der Waals surface area contributed by atoms with Gasteiger partial charge in [0.2, 0.25) is 5.91 Å². The summed E-state index contributed by atoms with van der Waals surface area (Å²) < 4.78 is 10.9. The number of methoxy groups -OCH3 is 1. The van der Waals surface area contributed by atoms with E-state index in [-0.39, 0.29) is 11.8 Å². The van der Waals surface area contributed by atoms with Crippen LogP contribution < -0.4 is 20.1 Å². The Kier molecular flexibility index (Phi) is 7.43. The molecular formula is C21H24N2O4. The number of carbonyl (C=O) groups excluding carboxylic acids is 2. The second-order valence-corrected chi connectivity index (χ2v) is 5.74. The number of rotatable bonds is 8. The van der Waals surface area contributed by atoms with E-state index >= 15 is 0 Å². The van der Waals surface area contributed by atoms with Gasteiger partial charge >= 0.3 is 0 Å². The van der Waals surface area contributed by atoms with E-state index in [0.29, 0.717) is 29.4 Å². The van der Waals surface area contributed by atoms with Crippen LogP contribution in [0, 0.1) is 0 Å². The highest BCUT2D eigenvalue weighted by Crippen LogP contribution is 2.28. The molecule has 0 aromatic heterocycles. The second kappa shape index (κ2) is 10.0. The van der Waals surface area contributed by atoms with E-state index < -0.39 is 0 Å². The van der Waals surface area contributed by atoms with Gasteiger partial charge in [-0.05, 0) is 54.5 Å². The highest BCUT2D eigenvalue weighted by atomic mass is 16.5. The van der Waals surface area contributed by atoms with Gasteiger partial charge in [0.1, 0.15) is 0 Å². The average molecular weight is 368 g/mol. The maximum absolute atomic E-state index is 12.1. The number of hydrogen-bond acceptors (Lipinski definition) is 4. The predicted molar refractivity (Wildman–Crippen MR) is 106 cm³/mol. The molecule has 0 spiro atoms. The minimum atomic E-state index is -0.270. The fraction of sp³-hybridized carbons (Fsp3) is 0.238. The van der Waals surface area contributed by atoms with Gasteiger partial charge in [0.05, 0.1) is 13.7 Å². The van der Waals surface area contributed by atoms with Crippen LogP contribution in [0.5, 0.6) is 11.5 Å². The quantitative estimate of drug-likeness (QED) is 0.699. The first-order valence-electron chi connectivity index (χ1n) is 8.69. The molecule has 2 N–H and O–H groups in total. The minimum absolute atomic E-state index is 0.173. The van der Waals surface area contributed by atoms with Crippen LogP contribution in [0.2, 0.25) is 0 Å². The second-order valence-electron chi connectivity index (χ2n) is 5.74. The maximum atomic E-state index is 12.1. The number of ether oxygens (including phenoxy) is 2. The number of amides is 2. The van der Waals surface area contributed by atoms with E-state index in [9.17, 15) is 9.59 Å². The predicted octanol–water partition coefficient (Wildman–Crippen LogP) is 3.50. The third kappa shape index (κ3) is 5.88. The lowest BCUT2D eigenvalue weighted by molar-refractivity contribution is -0.111. The first-order chi connectivity index (χ1) is 13.1. The van der Waals surface area contributed by atoms with Crippen molar-refractivity contribution in [1.29, 1.82) is 0 Å². The Morgan fingerprint density at radius 1 is 1.07 bits per heavy atom. The monoisotopic (exact) mass is 368 g/mol. The van der Waals surface area contributed by atoms with E-state index in [1.165, 1.54) is 6.08 Å². The zero-order valence-corrected chi connectivity index (χ0v) is 15.7. The molecule has 2 aromatic rings. The lowest BCUT2D eigenvalue weighted by atomic mass is 10.1. The zero-order chi connectivity index (χ0) is 19.6. The summed E-state index contributed by atoms with van der Waals surface area (Å²) >= 11 is 0. The summed E-state index contributed by atoms with van der Waals surface area (Å²) in [6.07, 6.45) is 4.05. The first-order valence-corrected chi connectivity index (χ1v) is 8.69. The SMILES string of the molecule is CCCOc1ccc(/C=C/C(=O)Nc2ccc(C(=O)NC)cc2)cc1OC. The van der Waals surface area contributed by atoms with Crippen molar-refractivity contribution < 1.29 is 19.1 Å². The van der Waals surface area contributed by atoms with Crippen LogP contribution in [-0.4, -0.2) is 32.6 Å². The van der Waals surface area contributed by atoms with Crippen molar-refractivity contribution in [2.24, 2.45) is 0 Å². The molecule has 6 nitrogen and oxygen atoms in total. The lowest BCUT2D eigenvalue weighted by Crippen LogP contribution is -2.17. The van der Waals surface area contributed by atoms with Gasteiger partial charge in [-0.15, -0.1) is 0 Å². The van der Waals surface area contributed by atoms with Crippen molar-refractivity contribution in [3.63, 3.8) is 0 Å². The molecule has 0 atom stereocenters. The molecule has 0 saturated carbocycles. The Morgan fingerprint density at radius 3 is 2.44 bits per heavy atom. The van der Waals surface area contributed by atoms with E-state index in [4.69, 9.17) is 9.47 Å². The molecule has 2 amide bonds. The van der Waals surface area contributed by atoms with Crippen molar-refractivity contribution >= 4 is 23.6 Å². The summed E-state index contributed by atoms with van der Waals surface area (Å²) in [7, 11) is 3.15. The van der Waals surface area contributed by atoms with Crippen LogP contribution in [-0.2, 0) is 4.79 Å². The molecule has 27 heavy (non-hydrogen) atoms. The number of nitrogens with one attached hydrogen (secondary N) is 2. The lowest BCUT2D eigenvalue weighted by Gasteiger charge is -2.10. The molecule has 2 rings (SSSR count). The summed E-state index contributed by atoms with van der Waals surface area (Å²) in [5.74, 6) is 0.856. The number of benzene rings is 2. The normalized spacial score (nSPS) is 10.5. The number of hydrogen-bond donors (Lipinski definition) is 2. The van der Waals surface area contributed by atoms with Gasteiger partial charge < -0.3 is 20.1 Å². The van der Waals surface area contributed by atoms with Crippen molar-refractivity contribution in [3.8, 4) is 11.5 Å². The molecule has 0 bridgehead atoms. The fourth-order valence-electron chi connectivity index (χ4n) is 2.32. The Labute approximate surface area is 159 Å². The van der Waals surface area contributed by atoms with E-state index in [0.717, 1.165) is 12.0 Å². The molecule has 2 aromatic carbocycles. The molecule has 0 fully saturated rings. The Balaban J connectivity index is 2.00. The number of anilines is 1. The van der Waals surface area contributed by atoms with Gasteiger partial charge in [-0.1, -0.05) is 13.0 Å². The Hall–Kier alpha value is -3.28. The van der Waals surface area contributed by atoms with Crippen LogP contribution in [0.3, 0.4) is 0 Å². The van der Waals surface area contributed by atoms with Crippen molar-refractivity contribution in [1.82, 2.24) is 5.32 Å². The van der Waals surface area contributed by atoms with Gasteiger partial charge in [-0.3, -0.25) is 9.59 Å². The summed E-state index contributed by atoms with van der Waals surface area (Å²) in [4.78, 5) is 23.6. The molecule has 142 valence electrons. The summed E-state index contributed by atoms with van der Waals surface area (Å²) in [5, 5.41) is 5.30. The van der Waals surface area contributed by atoms with Crippen LogP contribution in [0.15, 0.2) is 48.5 Å². The van der Waals surface area contributed by atoms with Gasteiger partial charge in [0.15, 0.2) is 11.5 Å². The minimum Gasteiger partial charge on any atom is -0.493 e. The largest absolute Gasteiger partial charge is 0.493 e. The van der Waals surface area contributed by atoms with E-state index in [2.05, 4.69) is 10.6 Å². The van der Waals surface area contributed by atoms with Crippen LogP contribution in [0.4, 0.5) is 5.69 Å². The van der Waals surface area contributed by atoms with E-state index in [1.807, 2.05) is 25.1 Å². The fourth-order valence-corrected chi connectivity index (χ4v) is 2.32. The molecule has 0 aliphatic rings. The molecule has 0 radical (unpaired) electrons. The van der Waals surface area contributed by atoms with Crippen LogP contribution >= 0.6 is 0 Å². The third-order valence-corrected chi connectivity index (χ3v) is 3.72. The topological polar surface area (TPSA) is 76.7 Å². The van der Waals surface area contributed by atoms with Gasteiger partial charge in [0, 0.05) is 24.4 Å². The summed E-state index contributed by atoms with van der Waals surface area (Å²) in [6, 6.07) is 12.2. The molecule has 0 aliphatic heterocycles. The van der Waals surface area contributed by atoms with Crippen molar-refractivity contribution in [2.75, 3.05) is 26.1 Å². The maximum Gasteiger partial charge on any atom is 0.251 e. The molecule has 0 heterocycles. The Morgan fingerprint density at radius 2 is 1.81 bits per heavy atom. The van der Waals surface area contributed by atoms with Crippen LogP contribution in [0.1, 0.15) is 29.3 Å². The summed E-state index contributed by atoms with van der Waals surface area (Å²) in [5.41, 5.74) is 1.96. The third-order valence-electron chi connectivity index (χ3n) is 3.72. The van der Waals surface area contributed by atoms with Gasteiger partial charge in [0.25, 0.3) is 5.91 Å². The molecule has 0 aliphatic carbocycles. The Bertz CT molecular complexity index is 813. The van der Waals surface area contributed by atoms with Gasteiger partial charge in [-0.2, -0.15) is 0 Å². The van der Waals surface area contributed by atoms with E-state index in [1.54, 1.807) is 44.5 Å². The molecule has 0 saturated heterocycles. The van der Waals surface area contributed by atoms with Crippen molar-refractivity contribution in [2.45, 2.75) is 13.3 Å². The molecule has 6 heteroatoms. The molecule has 0 unspecified atom stereocenters. The highest BCUT2D eigenvalue weighted by Gasteiger charge is 2.06. The first kappa shape index (κ1) is 20.0. The molecular weight excluding hydrogens is 344 g/mol. The smallest absolute Gasteiger partial charge is 0.251 e. The van der Waals surface area contributed by atoms with Gasteiger partial charge in [-0.25, -0.2) is 0 Å². The average Bonchev–Trinajstić information content (AvgIpc) is 2.70. The zero-order valence-electron chi connectivity index (χ0n) is 15.7. The van der Waals surface area contributed by atoms with Crippen molar-refractivity contribution in [3.05, 3.63) is 59.7 Å². The van der Waals surface area contributed by atoms with Crippen LogP contribution in [0.25, 0.3) is 6.08 Å². The highest BCUT2D eigenvalue weighted by molar-refractivity contribution is 6.02. The standard InChI is InChI=1S/C21H24N2O4/c1-4-13-27-18-11-5-15(14-19(18)26-3)6-12-20(24)23-17-9-7-16(8-10-17)21(25)22-2/h5-12,14H,4,13H2,1-3H3,(H,22,25)(H,23,24)/b12-6+. The summed E-state index contributed by atoms with van der Waals surface area (Å²) in [6.45, 7) is 2.65. The number of carbonyl (C=O) groups is 2.